The highest BCUT2D eigenvalue weighted by molar-refractivity contribution is 5.80. The number of benzene rings is 3. The van der Waals surface area contributed by atoms with E-state index in [1.54, 1.807) is 39.0 Å². The van der Waals surface area contributed by atoms with Crippen LogP contribution >= 0.6 is 0 Å². The molecule has 0 unspecified atom stereocenters. The maximum atomic E-state index is 12.8. The molecule has 4 rings (SSSR count). The fraction of sp³-hybridized carbons (Fsp3) is 0.214. The van der Waals surface area contributed by atoms with E-state index in [2.05, 4.69) is 5.32 Å². The van der Waals surface area contributed by atoms with E-state index in [1.807, 2.05) is 54.6 Å². The Morgan fingerprint density at radius 3 is 2.29 bits per heavy atom. The lowest BCUT2D eigenvalue weighted by molar-refractivity contribution is 0.0520. The standard InChI is InChI=1S/C28H27NO6/c1-28(2,3)35-27(31)29-15-16-32-22-13-14-25-23(17-22)24(30)18-26(34-25)19-9-11-21(12-10-19)33-20-7-5-4-6-8-20/h4-14,17-18H,15-16H2,1-3H3,(H,29,31). The van der Waals surface area contributed by atoms with Gasteiger partial charge in [0, 0.05) is 11.6 Å². The van der Waals surface area contributed by atoms with Gasteiger partial charge in [0.15, 0.2) is 5.43 Å². The van der Waals surface area contributed by atoms with Crippen molar-refractivity contribution in [1.82, 2.24) is 5.32 Å². The van der Waals surface area contributed by atoms with Gasteiger partial charge < -0.3 is 23.9 Å². The molecule has 0 atom stereocenters. The lowest BCUT2D eigenvalue weighted by Gasteiger charge is -2.19. The van der Waals surface area contributed by atoms with Gasteiger partial charge in [0.05, 0.1) is 11.9 Å². The highest BCUT2D eigenvalue weighted by Gasteiger charge is 2.15. The molecule has 0 aliphatic rings. The van der Waals surface area contributed by atoms with Gasteiger partial charge in [-0.1, -0.05) is 18.2 Å². The van der Waals surface area contributed by atoms with Gasteiger partial charge in [0.2, 0.25) is 0 Å². The summed E-state index contributed by atoms with van der Waals surface area (Å²) in [5.74, 6) is 2.40. The Hall–Kier alpha value is -4.26. The van der Waals surface area contributed by atoms with Crippen LogP contribution in [-0.4, -0.2) is 24.8 Å². The minimum absolute atomic E-state index is 0.178. The molecule has 0 fully saturated rings. The topological polar surface area (TPSA) is 87.0 Å². The molecular formula is C28H27NO6. The average Bonchev–Trinajstić information content (AvgIpc) is 2.82. The van der Waals surface area contributed by atoms with Crippen LogP contribution < -0.4 is 20.2 Å². The maximum Gasteiger partial charge on any atom is 0.407 e. The monoisotopic (exact) mass is 473 g/mol. The van der Waals surface area contributed by atoms with E-state index in [4.69, 9.17) is 18.6 Å². The molecule has 7 heteroatoms. The van der Waals surface area contributed by atoms with Crippen molar-refractivity contribution in [2.45, 2.75) is 26.4 Å². The van der Waals surface area contributed by atoms with Gasteiger partial charge in [0.25, 0.3) is 0 Å². The maximum absolute atomic E-state index is 12.8. The van der Waals surface area contributed by atoms with Crippen LogP contribution in [0.4, 0.5) is 4.79 Å². The minimum Gasteiger partial charge on any atom is -0.492 e. The number of hydrogen-bond donors (Lipinski definition) is 1. The number of amides is 1. The predicted molar refractivity (Wildman–Crippen MR) is 134 cm³/mol. The van der Waals surface area contributed by atoms with Gasteiger partial charge >= 0.3 is 6.09 Å². The van der Waals surface area contributed by atoms with E-state index in [9.17, 15) is 9.59 Å². The Morgan fingerprint density at radius 2 is 1.57 bits per heavy atom. The normalized spacial score (nSPS) is 11.2. The Balaban J connectivity index is 1.41. The summed E-state index contributed by atoms with van der Waals surface area (Å²) in [5, 5.41) is 3.04. The molecule has 1 N–H and O–H groups in total. The summed E-state index contributed by atoms with van der Waals surface area (Å²) >= 11 is 0. The molecule has 1 amide bonds. The number of ether oxygens (including phenoxy) is 3. The molecule has 0 bridgehead atoms. The van der Waals surface area contributed by atoms with Crippen molar-refractivity contribution in [3.63, 3.8) is 0 Å². The Morgan fingerprint density at radius 1 is 0.886 bits per heavy atom. The van der Waals surface area contributed by atoms with Crippen LogP contribution in [0.1, 0.15) is 20.8 Å². The first kappa shape index (κ1) is 23.9. The fourth-order valence-corrected chi connectivity index (χ4v) is 3.32. The Bertz CT molecular complexity index is 1350. The smallest absolute Gasteiger partial charge is 0.407 e. The van der Waals surface area contributed by atoms with Crippen molar-refractivity contribution in [3.8, 4) is 28.6 Å². The van der Waals surface area contributed by atoms with Crippen LogP contribution in [-0.2, 0) is 4.74 Å². The number of fused-ring (bicyclic) bond motifs is 1. The van der Waals surface area contributed by atoms with Crippen LogP contribution in [0, 0.1) is 0 Å². The first-order valence-electron chi connectivity index (χ1n) is 11.3. The van der Waals surface area contributed by atoms with Crippen LogP contribution in [0.3, 0.4) is 0 Å². The number of hydrogen-bond acceptors (Lipinski definition) is 6. The van der Waals surface area contributed by atoms with Crippen LogP contribution in [0.5, 0.6) is 17.2 Å². The molecule has 7 nitrogen and oxygen atoms in total. The molecule has 35 heavy (non-hydrogen) atoms. The second-order valence-electron chi connectivity index (χ2n) is 8.85. The summed E-state index contributed by atoms with van der Waals surface area (Å²) in [5.41, 5.74) is 0.478. The zero-order valence-electron chi connectivity index (χ0n) is 19.9. The van der Waals surface area contributed by atoms with Crippen molar-refractivity contribution in [1.29, 1.82) is 0 Å². The Kier molecular flexibility index (Phi) is 7.06. The molecule has 0 saturated heterocycles. The van der Waals surface area contributed by atoms with Crippen LogP contribution in [0.15, 0.2) is 88.1 Å². The van der Waals surface area contributed by atoms with Crippen molar-refractivity contribution in [3.05, 3.63) is 89.1 Å². The molecular weight excluding hydrogens is 446 g/mol. The first-order valence-corrected chi connectivity index (χ1v) is 11.3. The molecule has 0 saturated carbocycles. The zero-order valence-corrected chi connectivity index (χ0v) is 19.9. The number of carbonyl (C=O) groups excluding carboxylic acids is 1. The lowest BCUT2D eigenvalue weighted by atomic mass is 10.1. The summed E-state index contributed by atoms with van der Waals surface area (Å²) in [6.45, 7) is 5.88. The third-order valence-corrected chi connectivity index (χ3v) is 4.86. The molecule has 4 aromatic rings. The lowest BCUT2D eigenvalue weighted by Crippen LogP contribution is -2.34. The number of para-hydroxylation sites is 1. The largest absolute Gasteiger partial charge is 0.492 e. The molecule has 0 radical (unpaired) electrons. The van der Waals surface area contributed by atoms with Gasteiger partial charge in [-0.3, -0.25) is 4.79 Å². The number of nitrogens with one attached hydrogen (secondary N) is 1. The molecule has 3 aromatic carbocycles. The van der Waals surface area contributed by atoms with E-state index >= 15 is 0 Å². The van der Waals surface area contributed by atoms with E-state index in [1.165, 1.54) is 6.07 Å². The quantitative estimate of drug-likeness (QED) is 0.324. The van der Waals surface area contributed by atoms with Crippen LogP contribution in [0.2, 0.25) is 0 Å². The van der Waals surface area contributed by atoms with Crippen molar-refractivity contribution in [2.24, 2.45) is 0 Å². The van der Waals surface area contributed by atoms with Gasteiger partial charge in [0.1, 0.15) is 40.8 Å². The van der Waals surface area contributed by atoms with Gasteiger partial charge in [-0.05, 0) is 75.4 Å². The van der Waals surface area contributed by atoms with E-state index in [-0.39, 0.29) is 18.6 Å². The highest BCUT2D eigenvalue weighted by Crippen LogP contribution is 2.28. The van der Waals surface area contributed by atoms with Crippen molar-refractivity contribution >= 4 is 17.1 Å². The van der Waals surface area contributed by atoms with E-state index in [0.29, 0.717) is 28.2 Å². The molecule has 1 heterocycles. The summed E-state index contributed by atoms with van der Waals surface area (Å²) < 4.78 is 22.6. The highest BCUT2D eigenvalue weighted by atomic mass is 16.6. The second kappa shape index (κ2) is 10.3. The zero-order chi connectivity index (χ0) is 24.8. The SMILES string of the molecule is CC(C)(C)OC(=O)NCCOc1ccc2oc(-c3ccc(Oc4ccccc4)cc3)cc(=O)c2c1. The van der Waals surface area contributed by atoms with Crippen molar-refractivity contribution in [2.75, 3.05) is 13.2 Å². The molecule has 0 aliphatic carbocycles. The molecule has 180 valence electrons. The number of carbonyl (C=O) groups is 1. The Labute approximate surface area is 203 Å². The molecule has 0 aliphatic heterocycles. The predicted octanol–water partition coefficient (Wildman–Crippen LogP) is 6.16. The van der Waals surface area contributed by atoms with Gasteiger partial charge in [-0.25, -0.2) is 4.79 Å². The number of rotatable bonds is 7. The van der Waals surface area contributed by atoms with E-state index in [0.717, 1.165) is 11.3 Å². The summed E-state index contributed by atoms with van der Waals surface area (Å²) in [4.78, 5) is 24.5. The summed E-state index contributed by atoms with van der Waals surface area (Å²) in [6, 6.07) is 23.4. The number of alkyl carbamates (subject to hydrolysis) is 1. The summed E-state index contributed by atoms with van der Waals surface area (Å²) in [7, 11) is 0. The first-order chi connectivity index (χ1) is 16.8. The molecule has 1 aromatic heterocycles. The van der Waals surface area contributed by atoms with Crippen LogP contribution in [0.25, 0.3) is 22.3 Å². The average molecular weight is 474 g/mol. The molecule has 0 spiro atoms. The third-order valence-electron chi connectivity index (χ3n) is 4.86. The third kappa shape index (κ3) is 6.63. The summed E-state index contributed by atoms with van der Waals surface area (Å²) in [6.07, 6.45) is -0.507. The minimum atomic E-state index is -0.561. The van der Waals surface area contributed by atoms with Gasteiger partial charge in [-0.15, -0.1) is 0 Å². The van der Waals surface area contributed by atoms with Gasteiger partial charge in [-0.2, -0.15) is 0 Å². The second-order valence-corrected chi connectivity index (χ2v) is 8.85. The fourth-order valence-electron chi connectivity index (χ4n) is 3.32. The van der Waals surface area contributed by atoms with Crippen molar-refractivity contribution < 1.29 is 23.4 Å². The van der Waals surface area contributed by atoms with E-state index < -0.39 is 11.7 Å².